The van der Waals surface area contributed by atoms with Crippen molar-refractivity contribution in [3.05, 3.63) is 114 Å². The van der Waals surface area contributed by atoms with Crippen molar-refractivity contribution < 1.29 is 14.0 Å². The van der Waals surface area contributed by atoms with Gasteiger partial charge in [0.15, 0.2) is 0 Å². The summed E-state index contributed by atoms with van der Waals surface area (Å²) < 4.78 is 13.5. The van der Waals surface area contributed by atoms with E-state index in [0.29, 0.717) is 26.1 Å². The van der Waals surface area contributed by atoms with Gasteiger partial charge in [-0.3, -0.25) is 9.59 Å². The lowest BCUT2D eigenvalue weighted by molar-refractivity contribution is -0.139. The van der Waals surface area contributed by atoms with E-state index in [4.69, 9.17) is 0 Å². The monoisotopic (exact) mass is 511 g/mol. The molecule has 196 valence electrons. The van der Waals surface area contributed by atoms with Crippen LogP contribution in [0.15, 0.2) is 91.1 Å². The molecule has 0 saturated carbocycles. The van der Waals surface area contributed by atoms with Gasteiger partial charge in [0, 0.05) is 42.8 Å². The van der Waals surface area contributed by atoms with Crippen LogP contribution in [0.1, 0.15) is 30.5 Å². The highest BCUT2D eigenvalue weighted by molar-refractivity contribution is 5.94. The van der Waals surface area contributed by atoms with Crippen LogP contribution in [0.25, 0.3) is 17.0 Å². The minimum absolute atomic E-state index is 0.0226. The highest BCUT2D eigenvalue weighted by Gasteiger charge is 2.21. The molecule has 4 aromatic rings. The number of carbonyl (C=O) groups is 2. The summed E-state index contributed by atoms with van der Waals surface area (Å²) in [7, 11) is 0. The third kappa shape index (κ3) is 7.42. The van der Waals surface area contributed by atoms with Crippen LogP contribution in [0.4, 0.5) is 4.39 Å². The van der Waals surface area contributed by atoms with Crippen LogP contribution in [0.3, 0.4) is 0 Å². The van der Waals surface area contributed by atoms with E-state index in [1.165, 1.54) is 18.2 Å². The van der Waals surface area contributed by atoms with Crippen LogP contribution in [0.5, 0.6) is 0 Å². The molecule has 3 aromatic carbocycles. The molecule has 2 amide bonds. The topological polar surface area (TPSA) is 56.4 Å². The van der Waals surface area contributed by atoms with Crippen LogP contribution in [0.2, 0.25) is 0 Å². The second kappa shape index (κ2) is 12.9. The first-order valence-corrected chi connectivity index (χ1v) is 13.0. The van der Waals surface area contributed by atoms with E-state index in [1.807, 2.05) is 68.6 Å². The van der Waals surface area contributed by atoms with Gasteiger partial charge in [-0.25, -0.2) is 4.39 Å². The first-order valence-electron chi connectivity index (χ1n) is 13.0. The van der Waals surface area contributed by atoms with Gasteiger partial charge in [0.2, 0.25) is 11.8 Å². The average Bonchev–Trinajstić information content (AvgIpc) is 3.33. The van der Waals surface area contributed by atoms with Gasteiger partial charge in [0.1, 0.15) is 12.4 Å². The number of halogens is 1. The lowest BCUT2D eigenvalue weighted by Gasteiger charge is -2.28. The molecule has 38 heavy (non-hydrogen) atoms. The molecule has 1 heterocycles. The van der Waals surface area contributed by atoms with Crippen molar-refractivity contribution in [3.8, 4) is 0 Å². The fourth-order valence-electron chi connectivity index (χ4n) is 4.47. The second-order valence-electron chi connectivity index (χ2n) is 9.91. The smallest absolute Gasteiger partial charge is 0.247 e. The molecular weight excluding hydrogens is 477 g/mol. The summed E-state index contributed by atoms with van der Waals surface area (Å²) in [5.74, 6) is -0.455. The summed E-state index contributed by atoms with van der Waals surface area (Å²) in [5.41, 5.74) is 3.94. The fourth-order valence-corrected chi connectivity index (χ4v) is 4.47. The highest BCUT2D eigenvalue weighted by Crippen LogP contribution is 2.19. The molecule has 0 saturated heterocycles. The second-order valence-corrected chi connectivity index (χ2v) is 9.91. The lowest BCUT2D eigenvalue weighted by Crippen LogP contribution is -2.44. The Morgan fingerprint density at radius 2 is 1.63 bits per heavy atom. The maximum atomic E-state index is 13.6. The van der Waals surface area contributed by atoms with E-state index < -0.39 is 0 Å². The molecule has 1 N–H and O–H groups in total. The molecule has 1 aromatic heterocycles. The molecule has 0 fully saturated rings. The fraction of sp³-hybridized carbons (Fsp3) is 0.250. The van der Waals surface area contributed by atoms with Crippen molar-refractivity contribution in [1.29, 1.82) is 0 Å². The summed E-state index contributed by atoms with van der Waals surface area (Å²) >= 11 is 0. The Morgan fingerprint density at radius 1 is 0.921 bits per heavy atom. The van der Waals surface area contributed by atoms with E-state index in [-0.39, 0.29) is 30.1 Å². The van der Waals surface area contributed by atoms with Crippen LogP contribution >= 0.6 is 0 Å². The molecule has 0 spiro atoms. The Hall–Kier alpha value is -4.19. The third-order valence-corrected chi connectivity index (χ3v) is 6.41. The van der Waals surface area contributed by atoms with Crippen LogP contribution in [-0.4, -0.2) is 46.2 Å². The Labute approximate surface area is 223 Å². The molecule has 0 aliphatic carbocycles. The Balaban J connectivity index is 1.51. The zero-order chi connectivity index (χ0) is 26.9. The number of aromatic nitrogens is 1. The lowest BCUT2D eigenvalue weighted by atomic mass is 10.1. The largest absolute Gasteiger partial charge is 0.361 e. The zero-order valence-corrected chi connectivity index (χ0v) is 21.9. The molecule has 0 aliphatic heterocycles. The minimum Gasteiger partial charge on any atom is -0.361 e. The first kappa shape index (κ1) is 26.9. The van der Waals surface area contributed by atoms with E-state index in [9.17, 15) is 14.0 Å². The van der Waals surface area contributed by atoms with Crippen molar-refractivity contribution in [2.24, 2.45) is 5.92 Å². The molecule has 0 unspecified atom stereocenters. The molecule has 0 aliphatic rings. The van der Waals surface area contributed by atoms with Gasteiger partial charge < -0.3 is 14.8 Å². The number of amides is 2. The number of fused-ring (bicyclic) bond motifs is 1. The van der Waals surface area contributed by atoms with Gasteiger partial charge in [-0.15, -0.1) is 0 Å². The molecular formula is C32H34FN3O2. The Kier molecular flexibility index (Phi) is 9.09. The number of para-hydroxylation sites is 1. The normalized spacial score (nSPS) is 11.4. The van der Waals surface area contributed by atoms with E-state index >= 15 is 0 Å². The number of benzene rings is 3. The number of nitrogens with zero attached hydrogens (tertiary/aromatic N) is 2. The summed E-state index contributed by atoms with van der Waals surface area (Å²) in [4.78, 5) is 33.4. The number of hydrogen-bond donors (Lipinski definition) is 1. The van der Waals surface area contributed by atoms with Crippen molar-refractivity contribution in [3.63, 3.8) is 0 Å². The summed E-state index contributed by atoms with van der Waals surface area (Å²) in [6.07, 6.45) is 5.94. The predicted octanol–water partition coefficient (Wildman–Crippen LogP) is 6.08. The minimum atomic E-state index is -0.315. The summed E-state index contributed by atoms with van der Waals surface area (Å²) in [6, 6.07) is 23.9. The first-order chi connectivity index (χ1) is 18.4. The number of nitrogens with one attached hydrogen (secondary N) is 1. The van der Waals surface area contributed by atoms with Gasteiger partial charge >= 0.3 is 0 Å². The van der Waals surface area contributed by atoms with Crippen molar-refractivity contribution in [2.75, 3.05) is 19.6 Å². The standard InChI is InChI=1S/C32H34FN3O2/c1-24(2)21-36(31(37)17-14-25-8-4-3-5-9-25)23-32(38)35(22-26-12-15-28(33)16-13-26)19-18-27-20-34-30-11-7-6-10-29(27)30/h3-17,20,24,34H,18-19,21-23H2,1-2H3/b17-14+. The van der Waals surface area contributed by atoms with E-state index in [1.54, 1.807) is 28.0 Å². The number of H-pyrrole nitrogens is 1. The van der Waals surface area contributed by atoms with E-state index in [0.717, 1.165) is 27.6 Å². The molecule has 6 heteroatoms. The van der Waals surface area contributed by atoms with Crippen molar-refractivity contribution in [2.45, 2.75) is 26.8 Å². The molecule has 4 rings (SSSR count). The van der Waals surface area contributed by atoms with Gasteiger partial charge in [-0.1, -0.05) is 74.5 Å². The summed E-state index contributed by atoms with van der Waals surface area (Å²) in [5, 5.41) is 1.13. The maximum Gasteiger partial charge on any atom is 0.247 e. The van der Waals surface area contributed by atoms with Gasteiger partial charge in [-0.05, 0) is 53.3 Å². The van der Waals surface area contributed by atoms with Crippen molar-refractivity contribution >= 4 is 28.8 Å². The molecule has 0 bridgehead atoms. The molecule has 0 atom stereocenters. The Morgan fingerprint density at radius 3 is 2.37 bits per heavy atom. The SMILES string of the molecule is CC(C)CN(CC(=O)N(CCc1c[nH]c2ccccc12)Cc1ccc(F)cc1)C(=O)/C=C/c1ccccc1. The average molecular weight is 512 g/mol. The highest BCUT2D eigenvalue weighted by atomic mass is 19.1. The maximum absolute atomic E-state index is 13.6. The quantitative estimate of drug-likeness (QED) is 0.248. The van der Waals surface area contributed by atoms with Crippen molar-refractivity contribution in [1.82, 2.24) is 14.8 Å². The number of aromatic amines is 1. The Bertz CT molecular complexity index is 1380. The number of carbonyl (C=O) groups excluding carboxylic acids is 2. The molecule has 5 nitrogen and oxygen atoms in total. The van der Waals surface area contributed by atoms with Crippen LogP contribution < -0.4 is 0 Å². The van der Waals surface area contributed by atoms with Crippen LogP contribution in [0, 0.1) is 11.7 Å². The van der Waals surface area contributed by atoms with Gasteiger partial charge in [0.05, 0.1) is 0 Å². The summed E-state index contributed by atoms with van der Waals surface area (Å²) in [6.45, 7) is 5.31. The third-order valence-electron chi connectivity index (χ3n) is 6.41. The predicted molar refractivity (Wildman–Crippen MR) is 151 cm³/mol. The zero-order valence-electron chi connectivity index (χ0n) is 21.9. The number of hydrogen-bond acceptors (Lipinski definition) is 2. The number of rotatable bonds is 11. The van der Waals surface area contributed by atoms with Gasteiger partial charge in [-0.2, -0.15) is 0 Å². The van der Waals surface area contributed by atoms with Gasteiger partial charge in [0.25, 0.3) is 0 Å². The van der Waals surface area contributed by atoms with E-state index in [2.05, 4.69) is 11.1 Å². The molecule has 0 radical (unpaired) electrons. The van der Waals surface area contributed by atoms with Crippen LogP contribution in [-0.2, 0) is 22.6 Å².